The molecule has 2 aromatic rings. The number of benzene rings is 2. The van der Waals surface area contributed by atoms with Crippen molar-refractivity contribution in [2.75, 3.05) is 13.2 Å². The smallest absolute Gasteiger partial charge is 0.368 e. The number of hydrogen-bond acceptors (Lipinski definition) is 5. The molecule has 0 radical (unpaired) electrons. The summed E-state index contributed by atoms with van der Waals surface area (Å²) in [5, 5.41) is 3.92. The lowest BCUT2D eigenvalue weighted by molar-refractivity contribution is -0.136. The third-order valence-corrected chi connectivity index (χ3v) is 3.64. The highest BCUT2D eigenvalue weighted by molar-refractivity contribution is 6.31. The van der Waals surface area contributed by atoms with Gasteiger partial charge in [-0.15, -0.1) is 0 Å². The van der Waals surface area contributed by atoms with Crippen LogP contribution in [-0.2, 0) is 9.63 Å². The van der Waals surface area contributed by atoms with Gasteiger partial charge in [0.15, 0.2) is 0 Å². The highest BCUT2D eigenvalue weighted by Gasteiger charge is 2.27. The number of oxime groups is 1. The fourth-order valence-corrected chi connectivity index (χ4v) is 2.54. The summed E-state index contributed by atoms with van der Waals surface area (Å²) in [6.07, 6.45) is 1.74. The summed E-state index contributed by atoms with van der Waals surface area (Å²) >= 11 is 0. The van der Waals surface area contributed by atoms with Crippen molar-refractivity contribution in [3.63, 3.8) is 0 Å². The third kappa shape index (κ3) is 3.71. The molecule has 0 fully saturated rings. The standard InChI is InChI=1S/C20H19NO4/c1-3-23-16-11-10-15(18(13-16)24-4-2)12-17-19(21-25-20(17)22)14-8-6-5-7-9-14/h5-13H,3-4H2,1-2H3/b17-12+. The van der Waals surface area contributed by atoms with Crippen molar-refractivity contribution in [1.82, 2.24) is 0 Å². The molecule has 128 valence electrons. The average Bonchev–Trinajstić information content (AvgIpc) is 2.99. The molecule has 0 saturated heterocycles. The summed E-state index contributed by atoms with van der Waals surface area (Å²) in [5.41, 5.74) is 2.50. The first-order valence-corrected chi connectivity index (χ1v) is 8.19. The number of carbonyl (C=O) groups excluding carboxylic acids is 1. The van der Waals surface area contributed by atoms with Crippen LogP contribution in [0.25, 0.3) is 6.08 Å². The quantitative estimate of drug-likeness (QED) is 0.594. The minimum Gasteiger partial charge on any atom is -0.494 e. The summed E-state index contributed by atoms with van der Waals surface area (Å²) < 4.78 is 11.2. The predicted octanol–water partition coefficient (Wildman–Crippen LogP) is 3.83. The number of rotatable bonds is 6. The molecule has 0 saturated carbocycles. The summed E-state index contributed by atoms with van der Waals surface area (Å²) in [6, 6.07) is 15.0. The van der Waals surface area contributed by atoms with Crippen LogP contribution in [0, 0.1) is 0 Å². The van der Waals surface area contributed by atoms with Crippen LogP contribution in [-0.4, -0.2) is 24.9 Å². The zero-order valence-electron chi connectivity index (χ0n) is 14.2. The normalized spacial score (nSPS) is 15.0. The summed E-state index contributed by atoms with van der Waals surface area (Å²) in [4.78, 5) is 17.0. The third-order valence-electron chi connectivity index (χ3n) is 3.64. The molecule has 3 rings (SSSR count). The number of nitrogens with zero attached hydrogens (tertiary/aromatic N) is 1. The van der Waals surface area contributed by atoms with Crippen molar-refractivity contribution in [3.8, 4) is 11.5 Å². The van der Waals surface area contributed by atoms with Gasteiger partial charge in [0.05, 0.1) is 18.8 Å². The minimum absolute atomic E-state index is 0.399. The Morgan fingerprint density at radius 1 is 1.04 bits per heavy atom. The van der Waals surface area contributed by atoms with E-state index in [9.17, 15) is 4.79 Å². The lowest BCUT2D eigenvalue weighted by atomic mass is 10.0. The Kier molecular flexibility index (Phi) is 5.14. The van der Waals surface area contributed by atoms with Gasteiger partial charge >= 0.3 is 5.97 Å². The van der Waals surface area contributed by atoms with Crippen LogP contribution in [0.3, 0.4) is 0 Å². The first-order chi connectivity index (χ1) is 12.2. The Morgan fingerprint density at radius 3 is 2.52 bits per heavy atom. The van der Waals surface area contributed by atoms with Crippen LogP contribution in [0.5, 0.6) is 11.5 Å². The van der Waals surface area contributed by atoms with Gasteiger partial charge in [0.25, 0.3) is 0 Å². The van der Waals surface area contributed by atoms with Gasteiger partial charge < -0.3 is 14.3 Å². The van der Waals surface area contributed by atoms with Crippen molar-refractivity contribution in [3.05, 3.63) is 65.2 Å². The maximum Gasteiger partial charge on any atom is 0.368 e. The molecule has 1 aliphatic rings. The van der Waals surface area contributed by atoms with E-state index in [2.05, 4.69) is 5.16 Å². The molecule has 1 heterocycles. The Labute approximate surface area is 146 Å². The molecule has 0 amide bonds. The molecule has 5 nitrogen and oxygen atoms in total. The van der Waals surface area contributed by atoms with Crippen LogP contribution < -0.4 is 9.47 Å². The second-order valence-corrected chi connectivity index (χ2v) is 5.31. The van der Waals surface area contributed by atoms with Crippen molar-refractivity contribution < 1.29 is 19.1 Å². The maximum absolute atomic E-state index is 12.1. The SMILES string of the molecule is CCOc1ccc(/C=C2/C(=O)ON=C2c2ccccc2)c(OCC)c1. The van der Waals surface area contributed by atoms with Crippen LogP contribution in [0.4, 0.5) is 0 Å². The van der Waals surface area contributed by atoms with Crippen molar-refractivity contribution in [2.24, 2.45) is 5.16 Å². The number of hydrogen-bond donors (Lipinski definition) is 0. The molecule has 1 aliphatic heterocycles. The minimum atomic E-state index is -0.477. The summed E-state index contributed by atoms with van der Waals surface area (Å²) in [6.45, 7) is 4.91. The maximum atomic E-state index is 12.1. The van der Waals surface area contributed by atoms with Gasteiger partial charge in [-0.1, -0.05) is 35.5 Å². The fraction of sp³-hybridized carbons (Fsp3) is 0.200. The van der Waals surface area contributed by atoms with Crippen LogP contribution in [0.1, 0.15) is 25.0 Å². The van der Waals surface area contributed by atoms with Gasteiger partial charge in [-0.05, 0) is 32.1 Å². The molecule has 0 aliphatic carbocycles. The van der Waals surface area contributed by atoms with E-state index >= 15 is 0 Å². The molecule has 2 aromatic carbocycles. The van der Waals surface area contributed by atoms with E-state index < -0.39 is 5.97 Å². The summed E-state index contributed by atoms with van der Waals surface area (Å²) in [7, 11) is 0. The monoisotopic (exact) mass is 337 g/mol. The highest BCUT2D eigenvalue weighted by Crippen LogP contribution is 2.29. The Bertz CT molecular complexity index is 825. The van der Waals surface area contributed by atoms with Gasteiger partial charge in [-0.2, -0.15) is 0 Å². The van der Waals surface area contributed by atoms with Crippen molar-refractivity contribution in [2.45, 2.75) is 13.8 Å². The number of carbonyl (C=O) groups is 1. The summed E-state index contributed by atoms with van der Waals surface area (Å²) in [5.74, 6) is 0.891. The fourth-order valence-electron chi connectivity index (χ4n) is 2.54. The van der Waals surface area contributed by atoms with E-state index in [-0.39, 0.29) is 0 Å². The van der Waals surface area contributed by atoms with Crippen molar-refractivity contribution >= 4 is 17.8 Å². The number of ether oxygens (including phenoxy) is 2. The topological polar surface area (TPSA) is 57.1 Å². The van der Waals surface area contributed by atoms with Gasteiger partial charge in [0.2, 0.25) is 0 Å². The van der Waals surface area contributed by atoms with E-state index in [1.165, 1.54) is 0 Å². The first-order valence-electron chi connectivity index (χ1n) is 8.19. The van der Waals surface area contributed by atoms with E-state index in [1.807, 2.05) is 62.4 Å². The molecular weight excluding hydrogens is 318 g/mol. The van der Waals surface area contributed by atoms with E-state index in [1.54, 1.807) is 6.08 Å². The van der Waals surface area contributed by atoms with Crippen molar-refractivity contribution in [1.29, 1.82) is 0 Å². The lowest BCUT2D eigenvalue weighted by Gasteiger charge is -2.11. The Hall–Kier alpha value is -3.08. The van der Waals surface area contributed by atoms with Crippen LogP contribution in [0.2, 0.25) is 0 Å². The second-order valence-electron chi connectivity index (χ2n) is 5.31. The van der Waals surface area contributed by atoms with Gasteiger partial charge in [0.1, 0.15) is 17.2 Å². The molecule has 0 atom stereocenters. The van der Waals surface area contributed by atoms with Gasteiger partial charge in [-0.3, -0.25) is 0 Å². The van der Waals surface area contributed by atoms with Gasteiger partial charge in [0, 0.05) is 17.2 Å². The molecule has 0 unspecified atom stereocenters. The highest BCUT2D eigenvalue weighted by atomic mass is 16.7. The zero-order valence-corrected chi connectivity index (χ0v) is 14.2. The molecular formula is C20H19NO4. The lowest BCUT2D eigenvalue weighted by Crippen LogP contribution is -2.07. The molecule has 5 heteroatoms. The average molecular weight is 337 g/mol. The molecule has 0 N–H and O–H groups in total. The molecule has 0 aromatic heterocycles. The first kappa shape index (κ1) is 16.8. The van der Waals surface area contributed by atoms with E-state index in [0.29, 0.717) is 30.2 Å². The molecule has 25 heavy (non-hydrogen) atoms. The predicted molar refractivity (Wildman–Crippen MR) is 95.8 cm³/mol. The zero-order chi connectivity index (χ0) is 17.6. The van der Waals surface area contributed by atoms with Crippen LogP contribution in [0.15, 0.2) is 59.3 Å². The van der Waals surface area contributed by atoms with Crippen LogP contribution >= 0.6 is 0 Å². The molecule has 0 bridgehead atoms. The molecule has 0 spiro atoms. The van der Waals surface area contributed by atoms with E-state index in [4.69, 9.17) is 14.3 Å². The largest absolute Gasteiger partial charge is 0.494 e. The Morgan fingerprint density at radius 2 is 1.80 bits per heavy atom. The second kappa shape index (κ2) is 7.66. The van der Waals surface area contributed by atoms with E-state index in [0.717, 1.165) is 16.9 Å². The van der Waals surface area contributed by atoms with Gasteiger partial charge in [-0.25, -0.2) is 4.79 Å². The Balaban J connectivity index is 2.00.